The van der Waals surface area contributed by atoms with Gasteiger partial charge in [0.05, 0.1) is 11.3 Å². The number of aromatic hydroxyl groups is 1. The fourth-order valence-corrected chi connectivity index (χ4v) is 4.60. The first-order valence-electron chi connectivity index (χ1n) is 8.74. The van der Waals surface area contributed by atoms with Crippen molar-refractivity contribution in [1.29, 1.82) is 5.26 Å². The van der Waals surface area contributed by atoms with E-state index in [1.807, 2.05) is 6.07 Å². The smallest absolute Gasteiger partial charge is 0.335 e. The summed E-state index contributed by atoms with van der Waals surface area (Å²) in [5.74, 6) is -0.491. The molecule has 1 aromatic carbocycles. The molecule has 2 heterocycles. The molecule has 1 aliphatic rings. The Balaban J connectivity index is 1.84. The van der Waals surface area contributed by atoms with Crippen LogP contribution in [-0.4, -0.2) is 20.9 Å². The Morgan fingerprint density at radius 1 is 1.32 bits per heavy atom. The predicted molar refractivity (Wildman–Crippen MR) is 107 cm³/mol. The monoisotopic (exact) mass is 392 g/mol. The van der Waals surface area contributed by atoms with Crippen LogP contribution in [-0.2, 0) is 12.8 Å². The van der Waals surface area contributed by atoms with E-state index in [0.717, 1.165) is 39.8 Å². The largest absolute Gasteiger partial charge is 0.493 e. The number of H-pyrrole nitrogens is 1. The van der Waals surface area contributed by atoms with Gasteiger partial charge in [0, 0.05) is 11.1 Å². The first-order chi connectivity index (χ1) is 13.5. The van der Waals surface area contributed by atoms with Gasteiger partial charge in [0.15, 0.2) is 0 Å². The Hall–Kier alpha value is -3.44. The summed E-state index contributed by atoms with van der Waals surface area (Å²) >= 11 is 1.43. The average molecular weight is 392 g/mol. The lowest BCUT2D eigenvalue weighted by Crippen LogP contribution is -2.31. The first kappa shape index (κ1) is 17.9. The normalized spacial score (nSPS) is 13.0. The number of nitrogens with zero attached hydrogens (tertiary/aromatic N) is 3. The summed E-state index contributed by atoms with van der Waals surface area (Å²) in [4.78, 5) is 32.2. The van der Waals surface area contributed by atoms with Crippen molar-refractivity contribution in [2.24, 2.45) is 4.99 Å². The molecule has 2 aromatic heterocycles. The number of para-hydroxylation sites is 1. The highest BCUT2D eigenvalue weighted by Crippen LogP contribution is 2.40. The zero-order valence-electron chi connectivity index (χ0n) is 15.0. The minimum absolute atomic E-state index is 0.139. The number of nitriles is 1. The van der Waals surface area contributed by atoms with Crippen LogP contribution in [0.25, 0.3) is 5.69 Å². The van der Waals surface area contributed by atoms with Crippen LogP contribution in [0.2, 0.25) is 0 Å². The highest BCUT2D eigenvalue weighted by Gasteiger charge is 2.22. The Bertz CT molecular complexity index is 1270. The molecule has 28 heavy (non-hydrogen) atoms. The summed E-state index contributed by atoms with van der Waals surface area (Å²) in [6.45, 7) is 1.80. The first-order valence-corrected chi connectivity index (χ1v) is 9.56. The van der Waals surface area contributed by atoms with Gasteiger partial charge in [-0.05, 0) is 43.4 Å². The van der Waals surface area contributed by atoms with Crippen LogP contribution in [0.3, 0.4) is 0 Å². The molecule has 140 valence electrons. The van der Waals surface area contributed by atoms with E-state index < -0.39 is 17.1 Å². The Labute approximate surface area is 163 Å². The number of fused-ring (bicyclic) bond motifs is 1. The van der Waals surface area contributed by atoms with Gasteiger partial charge in [-0.25, -0.2) is 14.4 Å². The van der Waals surface area contributed by atoms with Gasteiger partial charge < -0.3 is 5.11 Å². The summed E-state index contributed by atoms with van der Waals surface area (Å²) in [7, 11) is 0. The van der Waals surface area contributed by atoms with Gasteiger partial charge >= 0.3 is 5.69 Å². The van der Waals surface area contributed by atoms with E-state index in [2.05, 4.69) is 16.0 Å². The van der Waals surface area contributed by atoms with E-state index in [4.69, 9.17) is 0 Å². The molecule has 8 heteroatoms. The zero-order chi connectivity index (χ0) is 19.8. The van der Waals surface area contributed by atoms with E-state index in [9.17, 15) is 20.0 Å². The van der Waals surface area contributed by atoms with Gasteiger partial charge in [0.2, 0.25) is 5.88 Å². The van der Waals surface area contributed by atoms with Gasteiger partial charge in [-0.2, -0.15) is 5.26 Å². The Morgan fingerprint density at radius 3 is 2.86 bits per heavy atom. The second-order valence-corrected chi connectivity index (χ2v) is 7.61. The minimum atomic E-state index is -0.737. The summed E-state index contributed by atoms with van der Waals surface area (Å²) in [5, 5.41) is 20.6. The molecule has 0 unspecified atom stereocenters. The summed E-state index contributed by atoms with van der Waals surface area (Å²) < 4.78 is 1.04. The lowest BCUT2D eigenvalue weighted by Gasteiger charge is -2.11. The Kier molecular flexibility index (Phi) is 4.45. The third-order valence-electron chi connectivity index (χ3n) is 4.80. The number of hydrogen-bond donors (Lipinski definition) is 2. The molecular weight excluding hydrogens is 376 g/mol. The molecule has 1 aliphatic carbocycles. The number of aryl methyl sites for hydroxylation is 2. The maximum Gasteiger partial charge on any atom is 0.335 e. The third-order valence-corrected chi connectivity index (χ3v) is 6.00. The van der Waals surface area contributed by atoms with Crippen molar-refractivity contribution in [3.05, 3.63) is 72.2 Å². The summed E-state index contributed by atoms with van der Waals surface area (Å²) in [5.41, 5.74) is 1.17. The van der Waals surface area contributed by atoms with Crippen molar-refractivity contribution in [2.45, 2.75) is 26.2 Å². The maximum atomic E-state index is 12.3. The van der Waals surface area contributed by atoms with Crippen molar-refractivity contribution in [1.82, 2.24) is 9.55 Å². The summed E-state index contributed by atoms with van der Waals surface area (Å²) in [6, 6.07) is 9.21. The molecule has 0 saturated heterocycles. The quantitative estimate of drug-likeness (QED) is 0.668. The fraction of sp³-hybridized carbons (Fsp3) is 0.200. The van der Waals surface area contributed by atoms with Crippen LogP contribution in [0.15, 0.2) is 38.8 Å². The molecule has 0 atom stereocenters. The molecule has 0 fully saturated rings. The van der Waals surface area contributed by atoms with Crippen molar-refractivity contribution in [3.8, 4) is 17.6 Å². The van der Waals surface area contributed by atoms with E-state index in [-0.39, 0.29) is 5.56 Å². The van der Waals surface area contributed by atoms with E-state index in [1.165, 1.54) is 17.6 Å². The average Bonchev–Trinajstić information content (AvgIpc) is 3.23. The number of thiophene rings is 1. The zero-order valence-corrected chi connectivity index (χ0v) is 15.8. The van der Waals surface area contributed by atoms with Gasteiger partial charge in [-0.3, -0.25) is 9.78 Å². The lowest BCUT2D eigenvalue weighted by molar-refractivity contribution is 0.430. The maximum absolute atomic E-state index is 12.3. The molecule has 7 nitrogen and oxygen atoms in total. The molecule has 4 rings (SSSR count). The van der Waals surface area contributed by atoms with E-state index >= 15 is 0 Å². The third kappa shape index (κ3) is 2.86. The van der Waals surface area contributed by atoms with Crippen molar-refractivity contribution in [3.63, 3.8) is 0 Å². The number of aromatic amines is 1. The van der Waals surface area contributed by atoms with Crippen molar-refractivity contribution < 1.29 is 5.11 Å². The van der Waals surface area contributed by atoms with Gasteiger partial charge in [-0.15, -0.1) is 11.3 Å². The molecule has 0 saturated carbocycles. The Morgan fingerprint density at radius 2 is 2.11 bits per heavy atom. The van der Waals surface area contributed by atoms with Crippen LogP contribution >= 0.6 is 11.3 Å². The number of aromatic nitrogens is 2. The topological polar surface area (TPSA) is 111 Å². The van der Waals surface area contributed by atoms with Crippen molar-refractivity contribution in [2.75, 3.05) is 0 Å². The van der Waals surface area contributed by atoms with Crippen molar-refractivity contribution >= 4 is 22.6 Å². The molecule has 0 radical (unpaired) electrons. The van der Waals surface area contributed by atoms with Crippen LogP contribution in [0.5, 0.6) is 5.88 Å². The summed E-state index contributed by atoms with van der Waals surface area (Å²) in [6.07, 6.45) is 4.02. The number of hydrogen-bond acceptors (Lipinski definition) is 6. The molecule has 0 aliphatic heterocycles. The van der Waals surface area contributed by atoms with Gasteiger partial charge in [0.25, 0.3) is 5.56 Å². The SMILES string of the molecule is Cc1ccccc1-n1c(O)c(C=Nc2sc3c(c2C#N)CCC3)c(=O)[nH]c1=O. The molecular formula is C20H16N4O3S. The fourth-order valence-electron chi connectivity index (χ4n) is 3.41. The van der Waals surface area contributed by atoms with E-state index in [0.29, 0.717) is 16.3 Å². The van der Waals surface area contributed by atoms with E-state index in [1.54, 1.807) is 25.1 Å². The minimum Gasteiger partial charge on any atom is -0.493 e. The lowest BCUT2D eigenvalue weighted by atomic mass is 10.1. The highest BCUT2D eigenvalue weighted by molar-refractivity contribution is 7.16. The van der Waals surface area contributed by atoms with Crippen LogP contribution < -0.4 is 11.2 Å². The molecule has 0 spiro atoms. The molecule has 0 amide bonds. The second kappa shape index (κ2) is 6.94. The second-order valence-electron chi connectivity index (χ2n) is 6.53. The molecule has 3 aromatic rings. The number of nitrogens with one attached hydrogen (secondary N) is 1. The van der Waals surface area contributed by atoms with Crippen LogP contribution in [0.4, 0.5) is 5.00 Å². The van der Waals surface area contributed by atoms with Gasteiger partial charge in [-0.1, -0.05) is 18.2 Å². The van der Waals surface area contributed by atoms with Crippen LogP contribution in [0.1, 0.15) is 33.6 Å². The standard InChI is InChI=1S/C20H16N4O3S/c1-11-5-2-3-7-15(11)24-19(26)14(17(25)23-20(24)27)10-22-18-13(9-21)12-6-4-8-16(12)28-18/h2-3,5,7,10,26H,4,6,8H2,1H3,(H,23,25,27). The van der Waals surface area contributed by atoms with Crippen LogP contribution in [0, 0.1) is 18.3 Å². The predicted octanol–water partition coefficient (Wildman–Crippen LogP) is 2.71. The molecule has 2 N–H and O–H groups in total. The number of benzene rings is 1. The number of rotatable bonds is 3. The highest BCUT2D eigenvalue weighted by atomic mass is 32.1. The molecule has 0 bridgehead atoms. The number of aliphatic imine (C=N–C) groups is 1. The van der Waals surface area contributed by atoms with Gasteiger partial charge in [0.1, 0.15) is 16.6 Å².